The average Bonchev–Trinajstić information content (AvgIpc) is 2.42. The van der Waals surface area contributed by atoms with Gasteiger partial charge < -0.3 is 5.32 Å². The van der Waals surface area contributed by atoms with Crippen LogP contribution in [0, 0.1) is 5.82 Å². The standard InChI is InChI=1S/C15H21ClFNO2S/c1-2-18-14(15-5-3-4-8-21(15,19)20)10-11-6-7-13(17)12(16)9-11/h6-7,9,14-15,18H,2-5,8,10H2,1H3. The maximum atomic E-state index is 13.2. The monoisotopic (exact) mass is 333 g/mol. The first-order chi connectivity index (χ1) is 9.94. The summed E-state index contributed by atoms with van der Waals surface area (Å²) in [6.45, 7) is 2.66. The lowest BCUT2D eigenvalue weighted by atomic mass is 9.99. The quantitative estimate of drug-likeness (QED) is 0.901. The van der Waals surface area contributed by atoms with E-state index in [0.717, 1.165) is 18.4 Å². The van der Waals surface area contributed by atoms with Gasteiger partial charge in [0.05, 0.1) is 16.0 Å². The van der Waals surface area contributed by atoms with Gasteiger partial charge in [0.1, 0.15) is 5.82 Å². The van der Waals surface area contributed by atoms with Gasteiger partial charge in [0, 0.05) is 6.04 Å². The number of nitrogens with one attached hydrogen (secondary N) is 1. The van der Waals surface area contributed by atoms with E-state index in [0.29, 0.717) is 19.4 Å². The van der Waals surface area contributed by atoms with Crippen LogP contribution in [-0.4, -0.2) is 32.0 Å². The zero-order chi connectivity index (χ0) is 15.5. The molecular weight excluding hydrogens is 313 g/mol. The van der Waals surface area contributed by atoms with E-state index in [4.69, 9.17) is 11.6 Å². The number of halogens is 2. The molecular formula is C15H21ClFNO2S. The van der Waals surface area contributed by atoms with Crippen molar-refractivity contribution < 1.29 is 12.8 Å². The molecule has 2 rings (SSSR count). The molecule has 0 amide bonds. The molecule has 1 aliphatic heterocycles. The van der Waals surface area contributed by atoms with Crippen LogP contribution >= 0.6 is 11.6 Å². The molecule has 0 aromatic heterocycles. The Morgan fingerprint density at radius 3 is 2.81 bits per heavy atom. The minimum atomic E-state index is -3.05. The summed E-state index contributed by atoms with van der Waals surface area (Å²) in [7, 11) is -3.05. The number of sulfone groups is 1. The Bertz CT molecular complexity index is 591. The summed E-state index contributed by atoms with van der Waals surface area (Å²) >= 11 is 5.80. The van der Waals surface area contributed by atoms with Gasteiger partial charge in [0.25, 0.3) is 0 Å². The number of rotatable bonds is 5. The Hall–Kier alpha value is -0.650. The molecule has 3 nitrogen and oxygen atoms in total. The SMILES string of the molecule is CCNC(Cc1ccc(F)c(Cl)c1)C1CCCCS1(=O)=O. The van der Waals surface area contributed by atoms with Crippen LogP contribution in [-0.2, 0) is 16.3 Å². The van der Waals surface area contributed by atoms with E-state index < -0.39 is 15.7 Å². The van der Waals surface area contributed by atoms with Crippen LogP contribution in [0.25, 0.3) is 0 Å². The Morgan fingerprint density at radius 2 is 2.19 bits per heavy atom. The highest BCUT2D eigenvalue weighted by molar-refractivity contribution is 7.92. The lowest BCUT2D eigenvalue weighted by Gasteiger charge is -2.30. The van der Waals surface area contributed by atoms with E-state index >= 15 is 0 Å². The third-order valence-electron chi connectivity index (χ3n) is 3.98. The molecule has 0 bridgehead atoms. The predicted octanol–water partition coefficient (Wildman–Crippen LogP) is 2.97. The van der Waals surface area contributed by atoms with Crippen LogP contribution in [0.5, 0.6) is 0 Å². The summed E-state index contributed by atoms with van der Waals surface area (Å²) in [5.74, 6) is -0.185. The van der Waals surface area contributed by atoms with E-state index in [-0.39, 0.29) is 22.1 Å². The average molecular weight is 334 g/mol. The van der Waals surface area contributed by atoms with Crippen LogP contribution in [0.3, 0.4) is 0 Å². The second kappa shape index (κ2) is 7.07. The van der Waals surface area contributed by atoms with E-state index in [1.165, 1.54) is 6.07 Å². The second-order valence-electron chi connectivity index (χ2n) is 5.52. The summed E-state index contributed by atoms with van der Waals surface area (Å²) in [5, 5.41) is 2.99. The molecule has 1 heterocycles. The molecule has 1 aromatic carbocycles. The minimum absolute atomic E-state index is 0.0780. The summed E-state index contributed by atoms with van der Waals surface area (Å²) in [4.78, 5) is 0. The van der Waals surface area contributed by atoms with Crippen molar-refractivity contribution in [2.24, 2.45) is 0 Å². The van der Waals surface area contributed by atoms with Crippen LogP contribution in [0.2, 0.25) is 5.02 Å². The van der Waals surface area contributed by atoms with Gasteiger partial charge in [-0.25, -0.2) is 12.8 Å². The third-order valence-corrected chi connectivity index (χ3v) is 6.62. The molecule has 0 spiro atoms. The fraction of sp³-hybridized carbons (Fsp3) is 0.600. The molecule has 0 aliphatic carbocycles. The van der Waals surface area contributed by atoms with Gasteiger partial charge in [0.15, 0.2) is 9.84 Å². The Labute approximate surface area is 130 Å². The maximum absolute atomic E-state index is 13.2. The maximum Gasteiger partial charge on any atom is 0.154 e. The molecule has 21 heavy (non-hydrogen) atoms. The summed E-state index contributed by atoms with van der Waals surface area (Å²) in [5.41, 5.74) is 0.855. The minimum Gasteiger partial charge on any atom is -0.313 e. The van der Waals surface area contributed by atoms with Crippen molar-refractivity contribution in [3.05, 3.63) is 34.6 Å². The zero-order valence-electron chi connectivity index (χ0n) is 12.1. The summed E-state index contributed by atoms with van der Waals surface area (Å²) in [6, 6.07) is 4.43. The largest absolute Gasteiger partial charge is 0.313 e. The van der Waals surface area contributed by atoms with E-state index in [1.54, 1.807) is 12.1 Å². The second-order valence-corrected chi connectivity index (χ2v) is 8.26. The molecule has 1 aliphatic rings. The first kappa shape index (κ1) is 16.7. The number of hydrogen-bond acceptors (Lipinski definition) is 3. The first-order valence-electron chi connectivity index (χ1n) is 7.33. The topological polar surface area (TPSA) is 46.2 Å². The molecule has 1 fully saturated rings. The lowest BCUT2D eigenvalue weighted by Crippen LogP contribution is -2.47. The summed E-state index contributed by atoms with van der Waals surface area (Å²) in [6.07, 6.45) is 2.92. The van der Waals surface area contributed by atoms with Gasteiger partial charge in [-0.05, 0) is 43.5 Å². The number of hydrogen-bond donors (Lipinski definition) is 1. The third kappa shape index (κ3) is 4.18. The zero-order valence-corrected chi connectivity index (χ0v) is 13.7. The van der Waals surface area contributed by atoms with Crippen molar-refractivity contribution in [2.75, 3.05) is 12.3 Å². The van der Waals surface area contributed by atoms with Gasteiger partial charge in [-0.2, -0.15) is 0 Å². The van der Waals surface area contributed by atoms with E-state index in [2.05, 4.69) is 5.32 Å². The molecule has 1 aromatic rings. The van der Waals surface area contributed by atoms with Gasteiger partial charge in [-0.15, -0.1) is 0 Å². The molecule has 6 heteroatoms. The Kier molecular flexibility index (Phi) is 5.63. The van der Waals surface area contributed by atoms with Crippen LogP contribution in [0.15, 0.2) is 18.2 Å². The van der Waals surface area contributed by atoms with E-state index in [9.17, 15) is 12.8 Å². The van der Waals surface area contributed by atoms with Gasteiger partial charge in [0.2, 0.25) is 0 Å². The fourth-order valence-electron chi connectivity index (χ4n) is 2.95. The molecule has 0 saturated carbocycles. The van der Waals surface area contributed by atoms with Gasteiger partial charge in [-0.1, -0.05) is 31.0 Å². The van der Waals surface area contributed by atoms with Crippen molar-refractivity contribution in [1.82, 2.24) is 5.32 Å². The molecule has 2 atom stereocenters. The highest BCUT2D eigenvalue weighted by Crippen LogP contribution is 2.25. The highest BCUT2D eigenvalue weighted by atomic mass is 35.5. The summed E-state index contributed by atoms with van der Waals surface area (Å²) < 4.78 is 37.8. The van der Waals surface area contributed by atoms with Crippen LogP contribution in [0.4, 0.5) is 4.39 Å². The van der Waals surface area contributed by atoms with Crippen molar-refractivity contribution in [2.45, 2.75) is 43.9 Å². The van der Waals surface area contributed by atoms with Gasteiger partial charge >= 0.3 is 0 Å². The van der Waals surface area contributed by atoms with Crippen LogP contribution < -0.4 is 5.32 Å². The van der Waals surface area contributed by atoms with Crippen LogP contribution in [0.1, 0.15) is 31.7 Å². The Balaban J connectivity index is 2.20. The number of likely N-dealkylation sites (N-methyl/N-ethyl adjacent to an activating group) is 1. The molecule has 2 unspecified atom stereocenters. The lowest BCUT2D eigenvalue weighted by molar-refractivity contribution is 0.441. The highest BCUT2D eigenvalue weighted by Gasteiger charge is 2.35. The normalized spacial score (nSPS) is 22.9. The van der Waals surface area contributed by atoms with Crippen molar-refractivity contribution in [3.63, 3.8) is 0 Å². The molecule has 1 saturated heterocycles. The first-order valence-corrected chi connectivity index (χ1v) is 9.42. The predicted molar refractivity (Wildman–Crippen MR) is 84.0 cm³/mol. The molecule has 0 radical (unpaired) electrons. The van der Waals surface area contributed by atoms with Gasteiger partial charge in [-0.3, -0.25) is 0 Å². The fourth-order valence-corrected chi connectivity index (χ4v) is 5.28. The molecule has 1 N–H and O–H groups in total. The molecule has 118 valence electrons. The van der Waals surface area contributed by atoms with Crippen molar-refractivity contribution >= 4 is 21.4 Å². The number of benzene rings is 1. The van der Waals surface area contributed by atoms with E-state index in [1.807, 2.05) is 6.92 Å². The Morgan fingerprint density at radius 1 is 1.43 bits per heavy atom. The van der Waals surface area contributed by atoms with Crippen molar-refractivity contribution in [3.8, 4) is 0 Å². The van der Waals surface area contributed by atoms with Crippen molar-refractivity contribution in [1.29, 1.82) is 0 Å². The smallest absolute Gasteiger partial charge is 0.154 e.